The van der Waals surface area contributed by atoms with Crippen LogP contribution in [0.3, 0.4) is 0 Å². The highest BCUT2D eigenvalue weighted by Gasteiger charge is 2.30. The Kier molecular flexibility index (Phi) is 3.96. The molecule has 4 nitrogen and oxygen atoms in total. The Bertz CT molecular complexity index is 539. The van der Waals surface area contributed by atoms with Gasteiger partial charge in [0.05, 0.1) is 17.2 Å². The minimum atomic E-state index is -0.738. The smallest absolute Gasteiger partial charge is 0.306 e. The lowest BCUT2D eigenvalue weighted by Gasteiger charge is -2.38. The number of carboxylic acid groups (broad SMARTS) is 1. The van der Waals surface area contributed by atoms with E-state index < -0.39 is 5.97 Å². The van der Waals surface area contributed by atoms with Gasteiger partial charge in [0.25, 0.3) is 0 Å². The number of carboxylic acids is 1. The maximum Gasteiger partial charge on any atom is 0.306 e. The highest BCUT2D eigenvalue weighted by Crippen LogP contribution is 2.32. The third-order valence-corrected chi connectivity index (χ3v) is 3.85. The summed E-state index contributed by atoms with van der Waals surface area (Å²) >= 11 is 5.99. The molecule has 1 aromatic rings. The Hall–Kier alpha value is -1.73. The maximum atomic E-state index is 11.0. The Morgan fingerprint density at radius 2 is 2.32 bits per heavy atom. The molecule has 2 unspecified atom stereocenters. The number of anilines is 1. The summed E-state index contributed by atoms with van der Waals surface area (Å²) in [5, 5.41) is 18.8. The largest absolute Gasteiger partial charge is 0.481 e. The number of nitrogens with zero attached hydrogens (tertiary/aromatic N) is 2. The molecule has 0 aliphatic carbocycles. The van der Waals surface area contributed by atoms with Crippen LogP contribution < -0.4 is 4.90 Å². The second-order valence-electron chi connectivity index (χ2n) is 4.88. The van der Waals surface area contributed by atoms with Crippen molar-refractivity contribution in [2.24, 2.45) is 5.92 Å². The molecule has 1 saturated heterocycles. The van der Waals surface area contributed by atoms with Crippen LogP contribution in [0, 0.1) is 17.2 Å². The van der Waals surface area contributed by atoms with Gasteiger partial charge in [0.1, 0.15) is 6.07 Å². The quantitative estimate of drug-likeness (QED) is 0.903. The van der Waals surface area contributed by atoms with Gasteiger partial charge in [-0.05, 0) is 38.0 Å². The van der Waals surface area contributed by atoms with E-state index in [9.17, 15) is 4.79 Å². The molecule has 5 heteroatoms. The molecule has 19 heavy (non-hydrogen) atoms. The van der Waals surface area contributed by atoms with E-state index in [0.717, 1.165) is 5.69 Å². The molecule has 1 aliphatic heterocycles. The van der Waals surface area contributed by atoms with E-state index in [1.807, 2.05) is 6.92 Å². The summed E-state index contributed by atoms with van der Waals surface area (Å²) < 4.78 is 0. The minimum absolute atomic E-state index is 0.0837. The van der Waals surface area contributed by atoms with Gasteiger partial charge in [0.15, 0.2) is 0 Å². The molecule has 0 saturated carbocycles. The van der Waals surface area contributed by atoms with Crippen LogP contribution in [-0.2, 0) is 4.79 Å². The Morgan fingerprint density at radius 3 is 2.89 bits per heavy atom. The molecule has 0 spiro atoms. The molecule has 2 rings (SSSR count). The van der Waals surface area contributed by atoms with Crippen LogP contribution >= 0.6 is 11.6 Å². The van der Waals surface area contributed by atoms with Crippen LogP contribution in [0.25, 0.3) is 0 Å². The lowest BCUT2D eigenvalue weighted by molar-refractivity contribution is -0.142. The minimum Gasteiger partial charge on any atom is -0.481 e. The van der Waals surface area contributed by atoms with Gasteiger partial charge in [-0.15, -0.1) is 0 Å². The van der Waals surface area contributed by atoms with Gasteiger partial charge in [0.2, 0.25) is 0 Å². The summed E-state index contributed by atoms with van der Waals surface area (Å²) in [7, 11) is 0. The van der Waals surface area contributed by atoms with E-state index in [1.54, 1.807) is 18.2 Å². The Labute approximate surface area is 117 Å². The molecular weight excluding hydrogens is 264 g/mol. The van der Waals surface area contributed by atoms with Gasteiger partial charge >= 0.3 is 5.97 Å². The van der Waals surface area contributed by atoms with E-state index >= 15 is 0 Å². The van der Waals surface area contributed by atoms with Crippen molar-refractivity contribution in [1.82, 2.24) is 0 Å². The summed E-state index contributed by atoms with van der Waals surface area (Å²) in [5.74, 6) is -1.03. The molecule has 100 valence electrons. The summed E-state index contributed by atoms with van der Waals surface area (Å²) in [5.41, 5.74) is 1.37. The standard InChI is InChI=1S/C14H15ClN2O2/c1-9-6-10(14(18)19)4-5-17(9)13-7-12(15)3-2-11(13)8-16/h2-3,7,9-10H,4-6H2,1H3,(H,18,19). The van der Waals surface area contributed by atoms with Gasteiger partial charge in [0, 0.05) is 17.6 Å². The van der Waals surface area contributed by atoms with E-state index in [1.165, 1.54) is 0 Å². The van der Waals surface area contributed by atoms with Gasteiger partial charge in [-0.25, -0.2) is 0 Å². The normalized spacial score (nSPS) is 22.9. The molecule has 1 N–H and O–H groups in total. The monoisotopic (exact) mass is 278 g/mol. The Balaban J connectivity index is 2.26. The van der Waals surface area contributed by atoms with Gasteiger partial charge < -0.3 is 10.0 Å². The van der Waals surface area contributed by atoms with Crippen molar-refractivity contribution < 1.29 is 9.90 Å². The van der Waals surface area contributed by atoms with Crippen molar-refractivity contribution in [1.29, 1.82) is 5.26 Å². The van der Waals surface area contributed by atoms with Crippen LogP contribution in [0.15, 0.2) is 18.2 Å². The number of halogens is 1. The highest BCUT2D eigenvalue weighted by atomic mass is 35.5. The first-order valence-electron chi connectivity index (χ1n) is 6.22. The second-order valence-corrected chi connectivity index (χ2v) is 5.31. The SMILES string of the molecule is CC1CC(C(=O)O)CCN1c1cc(Cl)ccc1C#N. The fourth-order valence-corrected chi connectivity index (χ4v) is 2.76. The summed E-state index contributed by atoms with van der Waals surface area (Å²) in [6.07, 6.45) is 1.18. The van der Waals surface area contributed by atoms with Crippen LogP contribution in [0.2, 0.25) is 5.02 Å². The number of aliphatic carboxylic acids is 1. The molecule has 2 atom stereocenters. The number of benzene rings is 1. The second kappa shape index (κ2) is 5.50. The van der Waals surface area contributed by atoms with Crippen molar-refractivity contribution >= 4 is 23.3 Å². The van der Waals surface area contributed by atoms with Gasteiger partial charge in [-0.2, -0.15) is 5.26 Å². The fraction of sp³-hybridized carbons (Fsp3) is 0.429. The highest BCUT2D eigenvalue weighted by molar-refractivity contribution is 6.30. The van der Waals surface area contributed by atoms with Crippen LogP contribution in [0.1, 0.15) is 25.3 Å². The predicted molar refractivity (Wildman–Crippen MR) is 73.3 cm³/mol. The summed E-state index contributed by atoms with van der Waals surface area (Å²) in [4.78, 5) is 13.1. The molecule has 1 aliphatic rings. The van der Waals surface area contributed by atoms with Crippen molar-refractivity contribution in [3.8, 4) is 6.07 Å². The molecule has 0 radical (unpaired) electrons. The topological polar surface area (TPSA) is 64.3 Å². The van der Waals surface area contributed by atoms with Crippen molar-refractivity contribution in [3.05, 3.63) is 28.8 Å². The molecule has 0 aromatic heterocycles. The van der Waals surface area contributed by atoms with Crippen molar-refractivity contribution in [3.63, 3.8) is 0 Å². The van der Waals surface area contributed by atoms with Crippen molar-refractivity contribution in [2.45, 2.75) is 25.8 Å². The zero-order valence-electron chi connectivity index (χ0n) is 10.6. The van der Waals surface area contributed by atoms with Gasteiger partial charge in [-0.3, -0.25) is 4.79 Å². The number of carbonyl (C=O) groups is 1. The van der Waals surface area contributed by atoms with E-state index in [2.05, 4.69) is 11.0 Å². The molecule has 1 fully saturated rings. The molecule has 0 amide bonds. The zero-order valence-corrected chi connectivity index (χ0v) is 11.4. The zero-order chi connectivity index (χ0) is 14.0. The van der Waals surface area contributed by atoms with E-state index in [0.29, 0.717) is 30.0 Å². The van der Waals surface area contributed by atoms with E-state index in [4.69, 9.17) is 22.0 Å². The summed E-state index contributed by atoms with van der Waals surface area (Å²) in [6.45, 7) is 2.62. The first-order chi connectivity index (χ1) is 9.02. The van der Waals surface area contributed by atoms with Gasteiger partial charge in [-0.1, -0.05) is 11.6 Å². The maximum absolute atomic E-state index is 11.0. The van der Waals surface area contributed by atoms with Crippen molar-refractivity contribution in [2.75, 3.05) is 11.4 Å². The van der Waals surface area contributed by atoms with Crippen LogP contribution in [-0.4, -0.2) is 23.7 Å². The Morgan fingerprint density at radius 1 is 1.58 bits per heavy atom. The molecule has 1 aromatic carbocycles. The molecule has 0 bridgehead atoms. The van der Waals surface area contributed by atoms with Crippen LogP contribution in [0.4, 0.5) is 5.69 Å². The molecule has 1 heterocycles. The average molecular weight is 279 g/mol. The third kappa shape index (κ3) is 2.82. The van der Waals surface area contributed by atoms with E-state index in [-0.39, 0.29) is 12.0 Å². The van der Waals surface area contributed by atoms with Crippen LogP contribution in [0.5, 0.6) is 0 Å². The predicted octanol–water partition coefficient (Wildman–Crippen LogP) is 2.90. The number of piperidine rings is 1. The number of rotatable bonds is 2. The fourth-order valence-electron chi connectivity index (χ4n) is 2.59. The lowest BCUT2D eigenvalue weighted by Crippen LogP contribution is -2.43. The first kappa shape index (κ1) is 13.7. The molecular formula is C14H15ClN2O2. The first-order valence-corrected chi connectivity index (χ1v) is 6.60. The number of hydrogen-bond donors (Lipinski definition) is 1. The summed E-state index contributed by atoms with van der Waals surface area (Å²) in [6, 6.07) is 7.41. The third-order valence-electron chi connectivity index (χ3n) is 3.62. The lowest BCUT2D eigenvalue weighted by atomic mass is 9.91. The average Bonchev–Trinajstić information content (AvgIpc) is 2.38. The number of hydrogen-bond acceptors (Lipinski definition) is 3. The number of nitriles is 1.